The van der Waals surface area contributed by atoms with Crippen LogP contribution in [0.15, 0.2) is 54.9 Å². The van der Waals surface area contributed by atoms with Gasteiger partial charge in [-0.3, -0.25) is 14.6 Å². The van der Waals surface area contributed by atoms with Crippen molar-refractivity contribution in [2.45, 2.75) is 12.5 Å². The average molecular weight is 518 g/mol. The number of aliphatic carboxylic acids is 1. The van der Waals surface area contributed by atoms with Gasteiger partial charge in [-0.15, -0.1) is 0 Å². The van der Waals surface area contributed by atoms with Gasteiger partial charge in [0, 0.05) is 24.5 Å². The standard InChI is InChI=1S/C23H17Cl2N3O7/c24-14-9-26-10-15(25)19(14)21(31)27-12-6-4-11(5-7-12)8-16(23(34)35)28-20(30)18-13(22(32)33)2-1-3-17(18)29/h1-7,9-10,16,29H,8H2,(H,27,31)(H,28,30)(H,32,33)(H,34,35)/t16-/m0/s1. The van der Waals surface area contributed by atoms with Gasteiger partial charge in [0.15, 0.2) is 0 Å². The molecule has 180 valence electrons. The summed E-state index contributed by atoms with van der Waals surface area (Å²) in [5, 5.41) is 33.7. The molecular formula is C23H17Cl2N3O7. The number of hydrogen-bond donors (Lipinski definition) is 5. The maximum atomic E-state index is 12.6. The molecule has 0 aliphatic heterocycles. The number of carboxylic acids is 2. The minimum absolute atomic E-state index is 0.0472. The Morgan fingerprint density at radius 3 is 2.09 bits per heavy atom. The van der Waals surface area contributed by atoms with Crippen LogP contribution in [0.1, 0.15) is 36.6 Å². The Morgan fingerprint density at radius 2 is 1.51 bits per heavy atom. The molecule has 2 amide bonds. The number of carboxylic acid groups (broad SMARTS) is 2. The first-order chi connectivity index (χ1) is 16.6. The summed E-state index contributed by atoms with van der Waals surface area (Å²) in [6, 6.07) is 8.17. The third kappa shape index (κ3) is 6.05. The Balaban J connectivity index is 1.73. The number of rotatable bonds is 8. The van der Waals surface area contributed by atoms with Gasteiger partial charge in [0.1, 0.15) is 11.8 Å². The van der Waals surface area contributed by atoms with Crippen LogP contribution in [-0.4, -0.2) is 50.1 Å². The second-order valence-electron chi connectivity index (χ2n) is 7.20. The molecule has 35 heavy (non-hydrogen) atoms. The lowest BCUT2D eigenvalue weighted by atomic mass is 10.0. The largest absolute Gasteiger partial charge is 0.507 e. The molecule has 10 nitrogen and oxygen atoms in total. The van der Waals surface area contributed by atoms with E-state index in [0.717, 1.165) is 12.1 Å². The first kappa shape index (κ1) is 25.5. The Morgan fingerprint density at radius 1 is 0.886 bits per heavy atom. The topological polar surface area (TPSA) is 166 Å². The van der Waals surface area contributed by atoms with E-state index in [2.05, 4.69) is 15.6 Å². The lowest BCUT2D eigenvalue weighted by Gasteiger charge is -2.16. The highest BCUT2D eigenvalue weighted by atomic mass is 35.5. The highest BCUT2D eigenvalue weighted by Gasteiger charge is 2.26. The van der Waals surface area contributed by atoms with Crippen LogP contribution in [0.4, 0.5) is 5.69 Å². The molecule has 2 aromatic carbocycles. The zero-order chi connectivity index (χ0) is 25.7. The number of phenols is 1. The van der Waals surface area contributed by atoms with Gasteiger partial charge in [-0.2, -0.15) is 0 Å². The summed E-state index contributed by atoms with van der Waals surface area (Å²) >= 11 is 12.0. The van der Waals surface area contributed by atoms with Gasteiger partial charge in [0.2, 0.25) is 0 Å². The van der Waals surface area contributed by atoms with Gasteiger partial charge in [0.25, 0.3) is 11.8 Å². The molecule has 1 atom stereocenters. The third-order valence-corrected chi connectivity index (χ3v) is 5.41. The predicted molar refractivity (Wildman–Crippen MR) is 126 cm³/mol. The number of hydrogen-bond acceptors (Lipinski definition) is 6. The monoisotopic (exact) mass is 517 g/mol. The Hall–Kier alpha value is -4.15. The van der Waals surface area contributed by atoms with Crippen molar-refractivity contribution >= 4 is 52.6 Å². The second kappa shape index (κ2) is 10.9. The number of carbonyl (C=O) groups is 4. The van der Waals surface area contributed by atoms with Crippen LogP contribution in [0.25, 0.3) is 0 Å². The number of amides is 2. The van der Waals surface area contributed by atoms with Crippen LogP contribution in [0.2, 0.25) is 10.0 Å². The lowest BCUT2D eigenvalue weighted by Crippen LogP contribution is -2.42. The summed E-state index contributed by atoms with van der Waals surface area (Å²) in [4.78, 5) is 51.9. The van der Waals surface area contributed by atoms with Crippen molar-refractivity contribution in [2.24, 2.45) is 0 Å². The molecule has 0 spiro atoms. The quantitative estimate of drug-likeness (QED) is 0.302. The molecule has 1 heterocycles. The van der Waals surface area contributed by atoms with Crippen molar-refractivity contribution in [2.75, 3.05) is 5.32 Å². The van der Waals surface area contributed by atoms with E-state index in [1.807, 2.05) is 0 Å². The molecule has 0 aliphatic carbocycles. The van der Waals surface area contributed by atoms with Crippen molar-refractivity contribution in [1.29, 1.82) is 0 Å². The van der Waals surface area contributed by atoms with Crippen molar-refractivity contribution in [3.8, 4) is 5.75 Å². The van der Waals surface area contributed by atoms with Gasteiger partial charge in [-0.05, 0) is 29.8 Å². The molecule has 0 saturated heterocycles. The van der Waals surface area contributed by atoms with Gasteiger partial charge >= 0.3 is 11.9 Å². The number of halogens is 2. The number of aromatic carboxylic acids is 1. The third-order valence-electron chi connectivity index (χ3n) is 4.84. The second-order valence-corrected chi connectivity index (χ2v) is 8.02. The molecule has 0 saturated carbocycles. The number of aromatic nitrogens is 1. The molecule has 0 radical (unpaired) electrons. The number of carbonyl (C=O) groups excluding carboxylic acids is 2. The summed E-state index contributed by atoms with van der Waals surface area (Å²) in [6.45, 7) is 0. The molecule has 0 unspecified atom stereocenters. The maximum absolute atomic E-state index is 12.6. The number of aromatic hydroxyl groups is 1. The maximum Gasteiger partial charge on any atom is 0.336 e. The van der Waals surface area contributed by atoms with E-state index in [9.17, 15) is 34.5 Å². The van der Waals surface area contributed by atoms with E-state index in [1.54, 1.807) is 0 Å². The number of nitrogens with zero attached hydrogens (tertiary/aromatic N) is 1. The van der Waals surface area contributed by atoms with Crippen LogP contribution in [-0.2, 0) is 11.2 Å². The zero-order valence-corrected chi connectivity index (χ0v) is 19.2. The van der Waals surface area contributed by atoms with E-state index in [4.69, 9.17) is 23.2 Å². The molecule has 5 N–H and O–H groups in total. The van der Waals surface area contributed by atoms with Crippen LogP contribution in [0, 0.1) is 0 Å². The highest BCUT2D eigenvalue weighted by Crippen LogP contribution is 2.24. The van der Waals surface area contributed by atoms with Gasteiger partial charge in [-0.1, -0.05) is 41.4 Å². The van der Waals surface area contributed by atoms with E-state index >= 15 is 0 Å². The van der Waals surface area contributed by atoms with E-state index in [0.29, 0.717) is 11.3 Å². The smallest absolute Gasteiger partial charge is 0.336 e. The van der Waals surface area contributed by atoms with E-state index < -0.39 is 46.7 Å². The van der Waals surface area contributed by atoms with Crippen LogP contribution in [0.5, 0.6) is 5.75 Å². The summed E-state index contributed by atoms with van der Waals surface area (Å²) < 4.78 is 0. The molecule has 12 heteroatoms. The fourth-order valence-corrected chi connectivity index (χ4v) is 3.71. The predicted octanol–water partition coefficient (Wildman–Crippen LogP) is 3.47. The van der Waals surface area contributed by atoms with Crippen molar-refractivity contribution in [3.05, 3.63) is 87.2 Å². The molecule has 3 rings (SSSR count). The first-order valence-electron chi connectivity index (χ1n) is 9.86. The minimum Gasteiger partial charge on any atom is -0.507 e. The van der Waals surface area contributed by atoms with Crippen molar-refractivity contribution < 1.29 is 34.5 Å². The number of pyridine rings is 1. The fraction of sp³-hybridized carbons (Fsp3) is 0.0870. The SMILES string of the molecule is O=C(O)c1cccc(O)c1C(=O)N[C@@H](Cc1ccc(NC(=O)c2c(Cl)cncc2Cl)cc1)C(=O)O. The number of benzene rings is 2. The van der Waals surface area contributed by atoms with E-state index in [-0.39, 0.29) is 22.0 Å². The van der Waals surface area contributed by atoms with Crippen molar-refractivity contribution in [1.82, 2.24) is 10.3 Å². The molecule has 0 bridgehead atoms. The summed E-state index contributed by atoms with van der Waals surface area (Å²) in [7, 11) is 0. The Bertz CT molecular complexity index is 1290. The summed E-state index contributed by atoms with van der Waals surface area (Å²) in [5.41, 5.74) is -0.102. The van der Waals surface area contributed by atoms with Gasteiger partial charge in [0.05, 0.1) is 26.7 Å². The number of anilines is 1. The summed E-state index contributed by atoms with van der Waals surface area (Å²) in [5.74, 6) is -5.04. The van der Waals surface area contributed by atoms with Gasteiger partial charge < -0.3 is 26.0 Å². The Kier molecular flexibility index (Phi) is 7.90. The van der Waals surface area contributed by atoms with Gasteiger partial charge in [-0.25, -0.2) is 9.59 Å². The number of nitrogens with one attached hydrogen (secondary N) is 2. The lowest BCUT2D eigenvalue weighted by molar-refractivity contribution is -0.139. The molecule has 0 fully saturated rings. The Labute approximate surface area is 208 Å². The summed E-state index contributed by atoms with van der Waals surface area (Å²) in [6.07, 6.45) is 2.40. The average Bonchev–Trinajstić information content (AvgIpc) is 2.79. The van der Waals surface area contributed by atoms with Crippen molar-refractivity contribution in [3.63, 3.8) is 0 Å². The number of phenolic OH excluding ortho intramolecular Hbond substituents is 1. The molecule has 3 aromatic rings. The minimum atomic E-state index is -1.45. The normalized spacial score (nSPS) is 11.4. The van der Waals surface area contributed by atoms with Crippen LogP contribution < -0.4 is 10.6 Å². The highest BCUT2D eigenvalue weighted by molar-refractivity contribution is 6.40. The fourth-order valence-electron chi connectivity index (χ4n) is 3.17. The molecule has 1 aromatic heterocycles. The van der Waals surface area contributed by atoms with E-state index in [1.165, 1.54) is 42.7 Å². The zero-order valence-electron chi connectivity index (χ0n) is 17.7. The van der Waals surface area contributed by atoms with Crippen LogP contribution >= 0.6 is 23.2 Å². The molecular weight excluding hydrogens is 501 g/mol. The first-order valence-corrected chi connectivity index (χ1v) is 10.6. The molecule has 0 aliphatic rings. The van der Waals surface area contributed by atoms with Crippen LogP contribution in [0.3, 0.4) is 0 Å².